The van der Waals surface area contributed by atoms with Gasteiger partial charge in [-0.1, -0.05) is 79.7 Å². The molecule has 1 unspecified atom stereocenters. The molecule has 2 nitrogen and oxygen atoms in total. The first-order valence-electron chi connectivity index (χ1n) is 9.32. The molecule has 0 bridgehead atoms. The van der Waals surface area contributed by atoms with Gasteiger partial charge in [-0.25, -0.2) is 0 Å². The molecule has 0 aliphatic carbocycles. The molecule has 1 heterocycles. The zero-order chi connectivity index (χ0) is 19.0. The van der Waals surface area contributed by atoms with E-state index in [2.05, 4.69) is 62.0 Å². The second-order valence-corrected chi connectivity index (χ2v) is 7.60. The maximum atomic E-state index is 13.0. The van der Waals surface area contributed by atoms with Gasteiger partial charge in [-0.3, -0.25) is 4.79 Å². The van der Waals surface area contributed by atoms with E-state index in [1.54, 1.807) is 4.90 Å². The molecule has 0 aromatic heterocycles. The largest absolute Gasteiger partial charge is 0.307 e. The van der Waals surface area contributed by atoms with Gasteiger partial charge in [0, 0.05) is 23.1 Å². The maximum absolute atomic E-state index is 13.0. The predicted octanol–water partition coefficient (Wildman–Crippen LogP) is 6.02. The summed E-state index contributed by atoms with van der Waals surface area (Å²) in [4.78, 5) is 14.7. The van der Waals surface area contributed by atoms with Crippen molar-refractivity contribution in [1.82, 2.24) is 0 Å². The maximum Gasteiger partial charge on any atom is 0.228 e. The number of anilines is 1. The first-order valence-corrected chi connectivity index (χ1v) is 9.70. The fraction of sp³-hybridized carbons (Fsp3) is 0.208. The summed E-state index contributed by atoms with van der Waals surface area (Å²) in [5.74, 6) is 0.133. The lowest BCUT2D eigenvalue weighted by Crippen LogP contribution is -2.37. The highest BCUT2D eigenvalue weighted by Gasteiger charge is 2.33. The average Bonchev–Trinajstić information content (AvgIpc) is 2.69. The van der Waals surface area contributed by atoms with E-state index in [4.69, 9.17) is 11.6 Å². The van der Waals surface area contributed by atoms with Crippen molar-refractivity contribution in [2.75, 3.05) is 11.4 Å². The standard InChI is InChI=1S/C24H22ClNO/c1-3-17-8-10-19(11-9-17)21-14-23(27)26(15-16(2)25)22-13-12-18-6-4-5-7-20(18)24(21)22/h4-13,21H,2-3,14-15H2,1H3. The van der Waals surface area contributed by atoms with Crippen molar-refractivity contribution in [1.29, 1.82) is 0 Å². The lowest BCUT2D eigenvalue weighted by Gasteiger charge is -2.35. The zero-order valence-electron chi connectivity index (χ0n) is 15.4. The molecule has 1 atom stereocenters. The van der Waals surface area contributed by atoms with Crippen LogP contribution in [0.25, 0.3) is 10.8 Å². The van der Waals surface area contributed by atoms with Crippen molar-refractivity contribution in [2.24, 2.45) is 0 Å². The highest BCUT2D eigenvalue weighted by atomic mass is 35.5. The van der Waals surface area contributed by atoms with E-state index in [0.29, 0.717) is 18.0 Å². The fourth-order valence-corrected chi connectivity index (χ4v) is 4.14. The van der Waals surface area contributed by atoms with Crippen LogP contribution in [0, 0.1) is 0 Å². The van der Waals surface area contributed by atoms with E-state index >= 15 is 0 Å². The molecule has 3 heteroatoms. The van der Waals surface area contributed by atoms with E-state index in [1.807, 2.05) is 12.1 Å². The first kappa shape index (κ1) is 17.8. The molecule has 0 N–H and O–H groups in total. The molecule has 136 valence electrons. The average molecular weight is 376 g/mol. The molecular formula is C24H22ClNO. The number of hydrogen-bond acceptors (Lipinski definition) is 1. The number of fused-ring (bicyclic) bond motifs is 3. The zero-order valence-corrected chi connectivity index (χ0v) is 16.2. The summed E-state index contributed by atoms with van der Waals surface area (Å²) in [6.45, 7) is 6.28. The van der Waals surface area contributed by atoms with Gasteiger partial charge in [0.05, 0.1) is 6.54 Å². The third kappa shape index (κ3) is 3.26. The van der Waals surface area contributed by atoms with Crippen molar-refractivity contribution in [3.05, 3.63) is 89.0 Å². The number of carbonyl (C=O) groups excluding carboxylic acids is 1. The number of nitrogens with zero attached hydrogens (tertiary/aromatic N) is 1. The number of benzene rings is 3. The Hall–Kier alpha value is -2.58. The predicted molar refractivity (Wildman–Crippen MR) is 114 cm³/mol. The molecule has 1 aliphatic rings. The van der Waals surface area contributed by atoms with Crippen molar-refractivity contribution in [3.63, 3.8) is 0 Å². The molecular weight excluding hydrogens is 354 g/mol. The van der Waals surface area contributed by atoms with Crippen LogP contribution in [0.1, 0.15) is 36.0 Å². The van der Waals surface area contributed by atoms with Crippen LogP contribution in [0.4, 0.5) is 5.69 Å². The summed E-state index contributed by atoms with van der Waals surface area (Å²) < 4.78 is 0. The van der Waals surface area contributed by atoms with Crippen LogP contribution in [-0.2, 0) is 11.2 Å². The summed E-state index contributed by atoms with van der Waals surface area (Å²) in [6.07, 6.45) is 1.45. The minimum absolute atomic E-state index is 0.0457. The van der Waals surface area contributed by atoms with Crippen molar-refractivity contribution >= 4 is 34.0 Å². The third-order valence-electron chi connectivity index (χ3n) is 5.39. The van der Waals surface area contributed by atoms with Gasteiger partial charge in [-0.2, -0.15) is 0 Å². The summed E-state index contributed by atoms with van der Waals surface area (Å²) in [6, 6.07) is 21.1. The Kier molecular flexibility index (Phi) is 4.75. The van der Waals surface area contributed by atoms with Gasteiger partial charge in [0.25, 0.3) is 0 Å². The third-order valence-corrected chi connectivity index (χ3v) is 5.51. The second-order valence-electron chi connectivity index (χ2n) is 7.07. The number of carbonyl (C=O) groups is 1. The molecule has 1 aliphatic heterocycles. The SMILES string of the molecule is C=C(Cl)CN1C(=O)CC(c2ccc(CC)cc2)c2c1ccc1ccccc21. The quantitative estimate of drug-likeness (QED) is 0.545. The van der Waals surface area contributed by atoms with Crippen molar-refractivity contribution in [3.8, 4) is 0 Å². The molecule has 0 saturated heterocycles. The summed E-state index contributed by atoms with van der Waals surface area (Å²) in [7, 11) is 0. The van der Waals surface area contributed by atoms with Crippen LogP contribution in [0.2, 0.25) is 0 Å². The van der Waals surface area contributed by atoms with E-state index in [1.165, 1.54) is 27.5 Å². The summed E-state index contributed by atoms with van der Waals surface area (Å²) in [5, 5.41) is 2.84. The molecule has 0 saturated carbocycles. The highest BCUT2D eigenvalue weighted by Crippen LogP contribution is 2.44. The molecule has 0 spiro atoms. The molecule has 4 rings (SSSR count). The Labute approximate surface area is 165 Å². The van der Waals surface area contributed by atoms with Crippen molar-refractivity contribution in [2.45, 2.75) is 25.7 Å². The smallest absolute Gasteiger partial charge is 0.228 e. The molecule has 3 aromatic carbocycles. The van der Waals surface area contributed by atoms with Gasteiger partial charge >= 0.3 is 0 Å². The minimum Gasteiger partial charge on any atom is -0.307 e. The van der Waals surface area contributed by atoms with Gasteiger partial charge in [0.15, 0.2) is 0 Å². The van der Waals surface area contributed by atoms with E-state index < -0.39 is 0 Å². The minimum atomic E-state index is 0.0457. The number of amides is 1. The summed E-state index contributed by atoms with van der Waals surface area (Å²) in [5.41, 5.74) is 4.63. The number of halogens is 1. The van der Waals surface area contributed by atoms with Crippen LogP contribution in [0.5, 0.6) is 0 Å². The Morgan fingerprint density at radius 3 is 2.56 bits per heavy atom. The topological polar surface area (TPSA) is 20.3 Å². The van der Waals surface area contributed by atoms with Gasteiger partial charge < -0.3 is 4.90 Å². The van der Waals surface area contributed by atoms with E-state index in [0.717, 1.165) is 12.1 Å². The normalized spacial score (nSPS) is 16.4. The number of rotatable bonds is 4. The lowest BCUT2D eigenvalue weighted by atomic mass is 9.81. The van der Waals surface area contributed by atoms with E-state index in [-0.39, 0.29) is 11.8 Å². The van der Waals surface area contributed by atoms with Crippen LogP contribution >= 0.6 is 11.6 Å². The molecule has 3 aromatic rings. The molecule has 1 amide bonds. The van der Waals surface area contributed by atoms with Crippen LogP contribution in [0.15, 0.2) is 72.3 Å². The van der Waals surface area contributed by atoms with Crippen LogP contribution < -0.4 is 4.90 Å². The van der Waals surface area contributed by atoms with Gasteiger partial charge in [-0.15, -0.1) is 0 Å². The molecule has 0 radical (unpaired) electrons. The summed E-state index contributed by atoms with van der Waals surface area (Å²) >= 11 is 6.06. The second kappa shape index (κ2) is 7.21. The lowest BCUT2D eigenvalue weighted by molar-refractivity contribution is -0.119. The first-order chi connectivity index (χ1) is 13.1. The Bertz CT molecular complexity index is 1020. The Morgan fingerprint density at radius 2 is 1.85 bits per heavy atom. The number of hydrogen-bond donors (Lipinski definition) is 0. The van der Waals surface area contributed by atoms with Gasteiger partial charge in [0.1, 0.15) is 0 Å². The van der Waals surface area contributed by atoms with Crippen LogP contribution in [-0.4, -0.2) is 12.5 Å². The van der Waals surface area contributed by atoms with E-state index in [9.17, 15) is 4.79 Å². The monoisotopic (exact) mass is 375 g/mol. The fourth-order valence-electron chi connectivity index (χ4n) is 4.02. The number of aryl methyl sites for hydroxylation is 1. The van der Waals surface area contributed by atoms with Crippen LogP contribution in [0.3, 0.4) is 0 Å². The van der Waals surface area contributed by atoms with Gasteiger partial charge in [0.2, 0.25) is 5.91 Å². The van der Waals surface area contributed by atoms with Gasteiger partial charge in [-0.05, 0) is 39.9 Å². The molecule has 27 heavy (non-hydrogen) atoms. The highest BCUT2D eigenvalue weighted by molar-refractivity contribution is 6.30. The van der Waals surface area contributed by atoms with Crippen molar-refractivity contribution < 1.29 is 4.79 Å². The Morgan fingerprint density at radius 1 is 1.11 bits per heavy atom. The Balaban J connectivity index is 1.92. The molecule has 0 fully saturated rings.